The number of allylic oxidation sites excluding steroid dienone is 2. The van der Waals surface area contributed by atoms with Crippen molar-refractivity contribution in [3.05, 3.63) is 11.1 Å². The lowest BCUT2D eigenvalue weighted by molar-refractivity contribution is -0.124. The van der Waals surface area contributed by atoms with Gasteiger partial charge in [-0.2, -0.15) is 0 Å². The zero-order valence-electron chi connectivity index (χ0n) is 10.8. The summed E-state index contributed by atoms with van der Waals surface area (Å²) >= 11 is 0. The number of hydrogen-bond donors (Lipinski definition) is 1. The molecule has 0 aliphatic heterocycles. The average Bonchev–Trinajstić information content (AvgIpc) is 2.14. The highest BCUT2D eigenvalue weighted by Gasteiger charge is 2.24. The van der Waals surface area contributed by atoms with Crippen LogP contribution in [-0.2, 0) is 4.79 Å². The lowest BCUT2D eigenvalue weighted by atomic mass is 9.86. The van der Waals surface area contributed by atoms with Gasteiger partial charge in [-0.3, -0.25) is 4.79 Å². The number of Topliss-reactive ketones (excluding diaryl/α,β-unsaturated/α-hetero) is 1. The van der Waals surface area contributed by atoms with Crippen LogP contribution in [0.15, 0.2) is 11.1 Å². The van der Waals surface area contributed by atoms with Gasteiger partial charge in [0, 0.05) is 5.92 Å². The smallest absolute Gasteiger partial charge is 0.135 e. The number of carbonyl (C=O) groups excluding carboxylic acids is 1. The Labute approximate surface area is 93.4 Å². The van der Waals surface area contributed by atoms with Crippen molar-refractivity contribution >= 4 is 5.78 Å². The molecular weight excluding hydrogens is 188 g/mol. The summed E-state index contributed by atoms with van der Waals surface area (Å²) in [5.41, 5.74) is 2.60. The summed E-state index contributed by atoms with van der Waals surface area (Å²) in [5, 5.41) is 9.94. The number of carbonyl (C=O) groups is 1. The molecule has 0 saturated carbocycles. The van der Waals surface area contributed by atoms with Crippen LogP contribution >= 0.6 is 0 Å². The Kier molecular flexibility index (Phi) is 5.81. The van der Waals surface area contributed by atoms with Crippen LogP contribution in [0.3, 0.4) is 0 Å². The number of ketones is 1. The van der Waals surface area contributed by atoms with Gasteiger partial charge >= 0.3 is 0 Å². The van der Waals surface area contributed by atoms with Crippen LogP contribution in [0.25, 0.3) is 0 Å². The summed E-state index contributed by atoms with van der Waals surface area (Å²) in [6.07, 6.45) is 0.331. The number of hydrogen-bond acceptors (Lipinski definition) is 2. The van der Waals surface area contributed by atoms with Gasteiger partial charge in [-0.1, -0.05) is 25.0 Å². The number of aliphatic hydroxyl groups excluding tert-OH is 1. The number of rotatable bonds is 5. The Morgan fingerprint density at radius 3 is 1.93 bits per heavy atom. The molecule has 0 aliphatic carbocycles. The molecule has 0 radical (unpaired) electrons. The molecule has 3 unspecified atom stereocenters. The first-order chi connectivity index (χ1) is 6.77. The second-order valence-electron chi connectivity index (χ2n) is 4.85. The molecule has 0 fully saturated rings. The quantitative estimate of drug-likeness (QED) is 0.711. The van der Waals surface area contributed by atoms with Gasteiger partial charge in [0.15, 0.2) is 0 Å². The molecule has 0 saturated heterocycles. The highest BCUT2D eigenvalue weighted by molar-refractivity contribution is 5.78. The molecular formula is C13H24O2. The van der Waals surface area contributed by atoms with E-state index in [-0.39, 0.29) is 17.6 Å². The largest absolute Gasteiger partial charge is 0.392 e. The fourth-order valence-electron chi connectivity index (χ4n) is 1.54. The van der Waals surface area contributed by atoms with Gasteiger partial charge in [0.2, 0.25) is 0 Å². The standard InChI is InChI=1S/C13H24O2/c1-8(2)9(3)7-10(4)13(15)11(5)12(6)14/h10-11,13,15H,7H2,1-6H3. The van der Waals surface area contributed by atoms with Crippen LogP contribution in [0.2, 0.25) is 0 Å². The van der Waals surface area contributed by atoms with E-state index in [1.807, 2.05) is 6.92 Å². The van der Waals surface area contributed by atoms with E-state index in [2.05, 4.69) is 20.8 Å². The minimum atomic E-state index is -0.531. The van der Waals surface area contributed by atoms with Crippen LogP contribution in [0.5, 0.6) is 0 Å². The Bertz CT molecular complexity index is 249. The molecule has 88 valence electrons. The summed E-state index contributed by atoms with van der Waals surface area (Å²) in [7, 11) is 0. The molecule has 2 nitrogen and oxygen atoms in total. The van der Waals surface area contributed by atoms with Gasteiger partial charge < -0.3 is 5.11 Å². The lowest BCUT2D eigenvalue weighted by Crippen LogP contribution is -2.30. The predicted octanol–water partition coefficient (Wildman–Crippen LogP) is 2.95. The first kappa shape index (κ1) is 14.4. The van der Waals surface area contributed by atoms with Crippen molar-refractivity contribution in [2.75, 3.05) is 0 Å². The SMILES string of the molecule is CC(=O)C(C)C(O)C(C)CC(C)=C(C)C. The highest BCUT2D eigenvalue weighted by atomic mass is 16.3. The third-order valence-corrected chi connectivity index (χ3v) is 3.22. The fraction of sp³-hybridized carbons (Fsp3) is 0.769. The maximum absolute atomic E-state index is 11.1. The van der Waals surface area contributed by atoms with Crippen molar-refractivity contribution in [3.8, 4) is 0 Å². The molecule has 0 amide bonds. The van der Waals surface area contributed by atoms with Crippen LogP contribution in [-0.4, -0.2) is 17.0 Å². The summed E-state index contributed by atoms with van der Waals surface area (Å²) in [5.74, 6) is -0.0621. The van der Waals surface area contributed by atoms with Crippen molar-refractivity contribution in [1.29, 1.82) is 0 Å². The Balaban J connectivity index is 4.40. The second-order valence-corrected chi connectivity index (χ2v) is 4.85. The van der Waals surface area contributed by atoms with E-state index in [4.69, 9.17) is 0 Å². The van der Waals surface area contributed by atoms with Gasteiger partial charge in [0.1, 0.15) is 5.78 Å². The Morgan fingerprint density at radius 1 is 1.13 bits per heavy atom. The van der Waals surface area contributed by atoms with Gasteiger partial charge in [0.25, 0.3) is 0 Å². The monoisotopic (exact) mass is 212 g/mol. The average molecular weight is 212 g/mol. The zero-order valence-corrected chi connectivity index (χ0v) is 10.8. The van der Waals surface area contributed by atoms with Crippen molar-refractivity contribution in [2.45, 2.75) is 54.1 Å². The Morgan fingerprint density at radius 2 is 1.60 bits per heavy atom. The predicted molar refractivity (Wildman–Crippen MR) is 63.7 cm³/mol. The molecule has 0 aromatic carbocycles. The summed E-state index contributed by atoms with van der Waals surface area (Å²) < 4.78 is 0. The van der Waals surface area contributed by atoms with E-state index in [1.165, 1.54) is 18.1 Å². The van der Waals surface area contributed by atoms with Crippen molar-refractivity contribution < 1.29 is 9.90 Å². The fourth-order valence-corrected chi connectivity index (χ4v) is 1.54. The molecule has 0 rings (SSSR count). The third kappa shape index (κ3) is 4.61. The zero-order chi connectivity index (χ0) is 12.2. The van der Waals surface area contributed by atoms with E-state index in [9.17, 15) is 9.90 Å². The normalized spacial score (nSPS) is 16.7. The van der Waals surface area contributed by atoms with Gasteiger partial charge in [0.05, 0.1) is 6.10 Å². The molecule has 1 N–H and O–H groups in total. The van der Waals surface area contributed by atoms with Crippen LogP contribution in [0.1, 0.15) is 48.0 Å². The van der Waals surface area contributed by atoms with E-state index >= 15 is 0 Å². The van der Waals surface area contributed by atoms with Crippen LogP contribution < -0.4 is 0 Å². The van der Waals surface area contributed by atoms with Crippen LogP contribution in [0.4, 0.5) is 0 Å². The van der Waals surface area contributed by atoms with Crippen molar-refractivity contribution in [1.82, 2.24) is 0 Å². The molecule has 0 spiro atoms. The third-order valence-electron chi connectivity index (χ3n) is 3.22. The van der Waals surface area contributed by atoms with Crippen molar-refractivity contribution in [2.24, 2.45) is 11.8 Å². The molecule has 0 bridgehead atoms. The summed E-state index contributed by atoms with van der Waals surface area (Å²) in [6, 6.07) is 0. The van der Waals surface area contributed by atoms with Gasteiger partial charge in [-0.05, 0) is 40.0 Å². The molecule has 3 atom stereocenters. The second kappa shape index (κ2) is 6.06. The Hall–Kier alpha value is -0.630. The summed E-state index contributed by atoms with van der Waals surface area (Å²) in [6.45, 7) is 11.6. The van der Waals surface area contributed by atoms with Gasteiger partial charge in [-0.15, -0.1) is 0 Å². The van der Waals surface area contributed by atoms with Gasteiger partial charge in [-0.25, -0.2) is 0 Å². The highest BCUT2D eigenvalue weighted by Crippen LogP contribution is 2.22. The first-order valence-electron chi connectivity index (χ1n) is 5.58. The molecule has 0 aromatic heterocycles. The van der Waals surface area contributed by atoms with E-state index in [0.717, 1.165) is 6.42 Å². The molecule has 0 heterocycles. The van der Waals surface area contributed by atoms with E-state index in [0.29, 0.717) is 0 Å². The minimum Gasteiger partial charge on any atom is -0.392 e. The van der Waals surface area contributed by atoms with Crippen LogP contribution in [0, 0.1) is 11.8 Å². The molecule has 0 aromatic rings. The van der Waals surface area contributed by atoms with Crippen molar-refractivity contribution in [3.63, 3.8) is 0 Å². The maximum Gasteiger partial charge on any atom is 0.135 e. The lowest BCUT2D eigenvalue weighted by Gasteiger charge is -2.23. The molecule has 0 aliphatic rings. The molecule has 15 heavy (non-hydrogen) atoms. The first-order valence-corrected chi connectivity index (χ1v) is 5.58. The summed E-state index contributed by atoms with van der Waals surface area (Å²) in [4.78, 5) is 11.1. The molecule has 2 heteroatoms. The number of aliphatic hydroxyl groups is 1. The van der Waals surface area contributed by atoms with E-state index < -0.39 is 6.10 Å². The minimum absolute atomic E-state index is 0.0594. The van der Waals surface area contributed by atoms with E-state index in [1.54, 1.807) is 6.92 Å². The maximum atomic E-state index is 11.1. The topological polar surface area (TPSA) is 37.3 Å².